The molecule has 12 heteroatoms. The molecule has 3 aromatic carbocycles. The van der Waals surface area contributed by atoms with Crippen LogP contribution < -0.4 is 10.6 Å². The fourth-order valence-electron chi connectivity index (χ4n) is 2.51. The van der Waals surface area contributed by atoms with E-state index >= 15 is 0 Å². The van der Waals surface area contributed by atoms with Crippen molar-refractivity contribution in [1.29, 1.82) is 0 Å². The van der Waals surface area contributed by atoms with Gasteiger partial charge >= 0.3 is 12.4 Å². The second kappa shape index (κ2) is 10.8. The molecule has 0 aliphatic carbocycles. The van der Waals surface area contributed by atoms with E-state index in [1.807, 2.05) is 0 Å². The number of anilines is 2. The maximum atomic E-state index is 12.2. The summed E-state index contributed by atoms with van der Waals surface area (Å²) in [5, 5.41) is 20.7. The Morgan fingerprint density at radius 3 is 0.912 bits per heavy atom. The van der Waals surface area contributed by atoms with Gasteiger partial charge in [-0.15, -0.1) is 0 Å². The van der Waals surface area contributed by atoms with Gasteiger partial charge in [0.25, 0.3) is 0 Å². The molecule has 3 aromatic rings. The maximum Gasteiger partial charge on any atom is 0.405 e. The Hall–Kier alpha value is -3.96. The summed E-state index contributed by atoms with van der Waals surface area (Å²) in [6, 6.07) is 18.7. The highest BCUT2D eigenvalue weighted by Crippen LogP contribution is 2.25. The van der Waals surface area contributed by atoms with Gasteiger partial charge in [0.15, 0.2) is 0 Å². The lowest BCUT2D eigenvalue weighted by Crippen LogP contribution is -2.21. The summed E-state index contributed by atoms with van der Waals surface area (Å²) in [5.74, 6) is 0. The summed E-state index contributed by atoms with van der Waals surface area (Å²) < 4.78 is 73.3. The van der Waals surface area contributed by atoms with Crippen LogP contribution in [0, 0.1) is 0 Å². The van der Waals surface area contributed by atoms with Gasteiger partial charge in [0.2, 0.25) is 0 Å². The van der Waals surface area contributed by atoms with E-state index < -0.39 is 25.4 Å². The first-order valence-electron chi connectivity index (χ1n) is 9.81. The van der Waals surface area contributed by atoms with Crippen molar-refractivity contribution in [2.45, 2.75) is 12.4 Å². The van der Waals surface area contributed by atoms with Gasteiger partial charge in [0.1, 0.15) is 13.1 Å². The van der Waals surface area contributed by atoms with E-state index in [1.54, 1.807) is 24.3 Å². The minimum Gasteiger partial charge on any atom is -0.376 e. The summed E-state index contributed by atoms with van der Waals surface area (Å²) in [4.78, 5) is 0. The van der Waals surface area contributed by atoms with Crippen LogP contribution in [0.25, 0.3) is 0 Å². The fourth-order valence-corrected chi connectivity index (χ4v) is 2.51. The Morgan fingerprint density at radius 2 is 0.676 bits per heavy atom. The van der Waals surface area contributed by atoms with E-state index in [9.17, 15) is 26.3 Å². The molecule has 178 valence electrons. The van der Waals surface area contributed by atoms with E-state index in [4.69, 9.17) is 0 Å². The molecule has 3 rings (SSSR count). The van der Waals surface area contributed by atoms with Gasteiger partial charge in [0, 0.05) is 11.4 Å². The average Bonchev–Trinajstić information content (AvgIpc) is 2.80. The lowest BCUT2D eigenvalue weighted by molar-refractivity contribution is -0.116. The Bertz CT molecular complexity index is 1010. The molecule has 34 heavy (non-hydrogen) atoms. The zero-order valence-corrected chi connectivity index (χ0v) is 17.4. The number of alkyl halides is 6. The standard InChI is InChI=1S/C22H18F6N6/c23-21(24,25)13-29-15-1-5-17(6-2-15)31-33-19-9-11-20(12-10-19)34-32-18-7-3-16(4-8-18)30-14-22(26,27)28/h1-12,29-30H,13-14H2. The highest BCUT2D eigenvalue weighted by atomic mass is 19.4. The Kier molecular flexibility index (Phi) is 7.82. The maximum absolute atomic E-state index is 12.2. The first-order valence-corrected chi connectivity index (χ1v) is 9.81. The summed E-state index contributed by atoms with van der Waals surface area (Å²) in [5.41, 5.74) is 2.62. The second-order valence-corrected chi connectivity index (χ2v) is 6.95. The number of halogens is 6. The molecule has 0 heterocycles. The van der Waals surface area contributed by atoms with E-state index in [0.29, 0.717) is 34.1 Å². The number of nitrogens with one attached hydrogen (secondary N) is 2. The molecule has 0 radical (unpaired) electrons. The van der Waals surface area contributed by atoms with Crippen LogP contribution in [0.3, 0.4) is 0 Å². The SMILES string of the molecule is FC(F)(F)CNc1ccc(N=Nc2ccc(N=Nc3ccc(NCC(F)(F)F)cc3)cc2)cc1. The summed E-state index contributed by atoms with van der Waals surface area (Å²) in [6.45, 7) is -2.25. The number of rotatable bonds is 8. The first-order chi connectivity index (χ1) is 16.1. The number of hydrogen-bond donors (Lipinski definition) is 2. The van der Waals surface area contributed by atoms with Crippen molar-refractivity contribution in [1.82, 2.24) is 0 Å². The van der Waals surface area contributed by atoms with E-state index in [-0.39, 0.29) is 0 Å². The lowest BCUT2D eigenvalue weighted by atomic mass is 10.3. The molecule has 0 amide bonds. The van der Waals surface area contributed by atoms with Gasteiger partial charge in [0.05, 0.1) is 22.7 Å². The minimum atomic E-state index is -4.30. The Balaban J connectivity index is 1.52. The van der Waals surface area contributed by atoms with E-state index in [0.717, 1.165) is 0 Å². The quantitative estimate of drug-likeness (QED) is 0.251. The fraction of sp³-hybridized carbons (Fsp3) is 0.182. The van der Waals surface area contributed by atoms with Crippen molar-refractivity contribution in [2.75, 3.05) is 23.7 Å². The number of nitrogens with zero attached hydrogens (tertiary/aromatic N) is 4. The topological polar surface area (TPSA) is 73.5 Å². The number of azo groups is 2. The van der Waals surface area contributed by atoms with Gasteiger partial charge < -0.3 is 10.6 Å². The molecule has 0 saturated heterocycles. The molecule has 0 aliphatic rings. The predicted molar refractivity (Wildman–Crippen MR) is 117 cm³/mol. The van der Waals surface area contributed by atoms with Crippen LogP contribution in [-0.2, 0) is 0 Å². The third-order valence-corrected chi connectivity index (χ3v) is 4.13. The molecule has 0 unspecified atom stereocenters. The van der Waals surface area contributed by atoms with Crippen molar-refractivity contribution < 1.29 is 26.3 Å². The predicted octanol–water partition coefficient (Wildman–Crippen LogP) is 8.47. The molecule has 0 atom stereocenters. The van der Waals surface area contributed by atoms with Gasteiger partial charge in [-0.1, -0.05) is 0 Å². The molecule has 0 spiro atoms. The van der Waals surface area contributed by atoms with Crippen molar-refractivity contribution >= 4 is 34.1 Å². The van der Waals surface area contributed by atoms with Gasteiger partial charge in [-0.3, -0.25) is 0 Å². The monoisotopic (exact) mass is 480 g/mol. The first kappa shape index (κ1) is 24.7. The Morgan fingerprint density at radius 1 is 0.441 bits per heavy atom. The molecule has 2 N–H and O–H groups in total. The lowest BCUT2D eigenvalue weighted by Gasteiger charge is -2.09. The van der Waals surface area contributed by atoms with Gasteiger partial charge in [-0.25, -0.2) is 0 Å². The zero-order chi connectivity index (χ0) is 24.6. The minimum absolute atomic E-state index is 0.318. The highest BCUT2D eigenvalue weighted by Gasteiger charge is 2.27. The smallest absolute Gasteiger partial charge is 0.376 e. The molecule has 0 aliphatic heterocycles. The molecule has 0 bridgehead atoms. The summed E-state index contributed by atoms with van der Waals surface area (Å²) >= 11 is 0. The molecule has 6 nitrogen and oxygen atoms in total. The van der Waals surface area contributed by atoms with Crippen molar-refractivity contribution in [2.24, 2.45) is 20.5 Å². The number of hydrogen-bond acceptors (Lipinski definition) is 6. The highest BCUT2D eigenvalue weighted by molar-refractivity contribution is 5.53. The van der Waals surface area contributed by atoms with Crippen molar-refractivity contribution in [3.05, 3.63) is 72.8 Å². The van der Waals surface area contributed by atoms with Crippen LogP contribution in [0.1, 0.15) is 0 Å². The third-order valence-electron chi connectivity index (χ3n) is 4.13. The Labute approximate surface area is 190 Å². The van der Waals surface area contributed by atoms with E-state index in [1.165, 1.54) is 48.5 Å². The molecular weight excluding hydrogens is 462 g/mol. The molecule has 0 aromatic heterocycles. The molecule has 0 fully saturated rings. The van der Waals surface area contributed by atoms with E-state index in [2.05, 4.69) is 31.1 Å². The summed E-state index contributed by atoms with van der Waals surface area (Å²) in [7, 11) is 0. The van der Waals surface area contributed by atoms with Crippen LogP contribution in [0.2, 0.25) is 0 Å². The van der Waals surface area contributed by atoms with Crippen LogP contribution >= 0.6 is 0 Å². The van der Waals surface area contributed by atoms with Crippen LogP contribution in [0.15, 0.2) is 93.3 Å². The molecular formula is C22H18F6N6. The van der Waals surface area contributed by atoms with Crippen molar-refractivity contribution in [3.63, 3.8) is 0 Å². The average molecular weight is 480 g/mol. The normalized spacial score (nSPS) is 12.4. The van der Waals surface area contributed by atoms with Crippen LogP contribution in [0.4, 0.5) is 60.5 Å². The third kappa shape index (κ3) is 8.88. The molecule has 0 saturated carbocycles. The van der Waals surface area contributed by atoms with Crippen molar-refractivity contribution in [3.8, 4) is 0 Å². The number of benzene rings is 3. The summed E-state index contributed by atoms with van der Waals surface area (Å²) in [6.07, 6.45) is -8.60. The van der Waals surface area contributed by atoms with Crippen LogP contribution in [-0.4, -0.2) is 25.4 Å². The second-order valence-electron chi connectivity index (χ2n) is 6.95. The van der Waals surface area contributed by atoms with Crippen LogP contribution in [0.5, 0.6) is 0 Å². The zero-order valence-electron chi connectivity index (χ0n) is 17.4. The largest absolute Gasteiger partial charge is 0.405 e. The van der Waals surface area contributed by atoms with Gasteiger partial charge in [-0.2, -0.15) is 46.8 Å². The van der Waals surface area contributed by atoms with Gasteiger partial charge in [-0.05, 0) is 72.8 Å².